The maximum absolute atomic E-state index is 12.9. The van der Waals surface area contributed by atoms with Crippen LogP contribution >= 0.6 is 23.4 Å². The number of carbonyl (C=O) groups excluding carboxylic acids is 1. The number of hydrogen-bond donors (Lipinski definition) is 1. The maximum Gasteiger partial charge on any atom is 0.262 e. The zero-order valence-corrected chi connectivity index (χ0v) is 16.2. The van der Waals surface area contributed by atoms with Crippen LogP contribution in [0.2, 0.25) is 5.02 Å². The van der Waals surface area contributed by atoms with E-state index in [1.165, 1.54) is 11.8 Å². The fourth-order valence-corrected chi connectivity index (χ4v) is 3.45. The Morgan fingerprint density at radius 3 is 3.00 bits per heavy atom. The summed E-state index contributed by atoms with van der Waals surface area (Å²) >= 11 is 7.23. The summed E-state index contributed by atoms with van der Waals surface area (Å²) < 4.78 is 6.64. The molecular formula is C18H20ClN3O3S. The molecule has 1 heterocycles. The van der Waals surface area contributed by atoms with Gasteiger partial charge in [0.2, 0.25) is 5.91 Å². The van der Waals surface area contributed by atoms with Crippen LogP contribution in [0.1, 0.15) is 13.3 Å². The lowest BCUT2D eigenvalue weighted by Crippen LogP contribution is -2.32. The second kappa shape index (κ2) is 9.62. The van der Waals surface area contributed by atoms with Crippen LogP contribution in [-0.4, -0.2) is 41.0 Å². The molecule has 1 unspecified atom stereocenters. The first-order valence-corrected chi connectivity index (χ1v) is 9.30. The minimum absolute atomic E-state index is 0.158. The molecule has 1 aromatic heterocycles. The molecule has 6 nitrogen and oxygen atoms in total. The summed E-state index contributed by atoms with van der Waals surface area (Å²) in [6, 6.07) is 4.97. The number of benzene rings is 1. The first-order chi connectivity index (χ1) is 12.5. The van der Waals surface area contributed by atoms with Gasteiger partial charge in [-0.3, -0.25) is 14.2 Å². The fourth-order valence-electron chi connectivity index (χ4n) is 2.32. The van der Waals surface area contributed by atoms with Crippen molar-refractivity contribution in [3.63, 3.8) is 0 Å². The molecule has 2 rings (SSSR count). The first kappa shape index (κ1) is 20.3. The molecule has 138 valence electrons. The quantitative estimate of drug-likeness (QED) is 0.322. The summed E-state index contributed by atoms with van der Waals surface area (Å²) in [6.45, 7) is 2.86. The number of fused-ring (bicyclic) bond motifs is 1. The van der Waals surface area contributed by atoms with Gasteiger partial charge >= 0.3 is 0 Å². The highest BCUT2D eigenvalue weighted by atomic mass is 35.5. The number of carbonyl (C=O) groups is 1. The predicted molar refractivity (Wildman–Crippen MR) is 105 cm³/mol. The van der Waals surface area contributed by atoms with Gasteiger partial charge in [0.1, 0.15) is 0 Å². The highest BCUT2D eigenvalue weighted by Crippen LogP contribution is 2.24. The topological polar surface area (TPSA) is 73.2 Å². The second-order valence-electron chi connectivity index (χ2n) is 5.54. The number of thioether (sulfide) groups is 1. The lowest BCUT2D eigenvalue weighted by Gasteiger charge is -2.16. The van der Waals surface area contributed by atoms with Crippen molar-refractivity contribution in [1.82, 2.24) is 14.9 Å². The molecule has 0 fully saturated rings. The number of ether oxygens (including phenoxy) is 1. The Morgan fingerprint density at radius 1 is 1.54 bits per heavy atom. The van der Waals surface area contributed by atoms with Crippen LogP contribution in [0.3, 0.4) is 0 Å². The van der Waals surface area contributed by atoms with Crippen molar-refractivity contribution < 1.29 is 9.53 Å². The van der Waals surface area contributed by atoms with Crippen LogP contribution in [-0.2, 0) is 16.1 Å². The molecule has 0 saturated heterocycles. The third kappa shape index (κ3) is 5.01. The van der Waals surface area contributed by atoms with Gasteiger partial charge in [-0.1, -0.05) is 29.3 Å². The van der Waals surface area contributed by atoms with Gasteiger partial charge in [-0.25, -0.2) is 4.98 Å². The molecule has 26 heavy (non-hydrogen) atoms. The van der Waals surface area contributed by atoms with Gasteiger partial charge in [0, 0.05) is 25.3 Å². The van der Waals surface area contributed by atoms with E-state index in [0.717, 1.165) is 0 Å². The van der Waals surface area contributed by atoms with Crippen molar-refractivity contribution in [1.29, 1.82) is 0 Å². The van der Waals surface area contributed by atoms with E-state index in [1.807, 2.05) is 0 Å². The maximum atomic E-state index is 12.9. The van der Waals surface area contributed by atoms with Crippen LogP contribution < -0.4 is 10.9 Å². The van der Waals surface area contributed by atoms with Crippen molar-refractivity contribution in [2.45, 2.75) is 30.3 Å². The number of terminal acetylenes is 1. The van der Waals surface area contributed by atoms with Gasteiger partial charge in [-0.2, -0.15) is 0 Å². The molecule has 0 saturated carbocycles. The third-order valence-corrected chi connectivity index (χ3v) is 4.95. The number of nitrogens with one attached hydrogen (secondary N) is 1. The Morgan fingerprint density at radius 2 is 2.31 bits per heavy atom. The zero-order valence-electron chi connectivity index (χ0n) is 14.6. The molecule has 1 N–H and O–H groups in total. The molecule has 0 aliphatic rings. The zero-order chi connectivity index (χ0) is 19.1. The van der Waals surface area contributed by atoms with Crippen LogP contribution in [0, 0.1) is 12.3 Å². The average molecular weight is 394 g/mol. The molecule has 0 aliphatic heterocycles. The highest BCUT2D eigenvalue weighted by molar-refractivity contribution is 8.00. The van der Waals surface area contributed by atoms with Gasteiger partial charge < -0.3 is 10.1 Å². The normalized spacial score (nSPS) is 11.9. The summed E-state index contributed by atoms with van der Waals surface area (Å²) in [5.41, 5.74) is 0.339. The lowest BCUT2D eigenvalue weighted by molar-refractivity contribution is -0.120. The molecule has 1 aromatic carbocycles. The number of rotatable bonds is 8. The molecule has 1 amide bonds. The minimum Gasteiger partial charge on any atom is -0.385 e. The van der Waals surface area contributed by atoms with Crippen molar-refractivity contribution in [2.75, 3.05) is 20.3 Å². The molecule has 0 bridgehead atoms. The molecule has 0 radical (unpaired) electrons. The fraction of sp³-hybridized carbons (Fsp3) is 0.389. The number of aromatic nitrogens is 2. The summed E-state index contributed by atoms with van der Waals surface area (Å²) in [5, 5.41) is 3.62. The number of halogens is 1. The molecule has 8 heteroatoms. The van der Waals surface area contributed by atoms with Gasteiger partial charge in [-0.15, -0.1) is 6.42 Å². The Bertz CT molecular complexity index is 892. The number of nitrogens with zero attached hydrogens (tertiary/aromatic N) is 2. The van der Waals surface area contributed by atoms with E-state index in [0.29, 0.717) is 40.7 Å². The largest absolute Gasteiger partial charge is 0.385 e. The summed E-state index contributed by atoms with van der Waals surface area (Å²) in [5.74, 6) is 2.15. The third-order valence-electron chi connectivity index (χ3n) is 3.63. The Labute approximate surface area is 161 Å². The Hall–Kier alpha value is -2.01. The van der Waals surface area contributed by atoms with Gasteiger partial charge in [0.05, 0.1) is 22.7 Å². The van der Waals surface area contributed by atoms with E-state index in [4.69, 9.17) is 22.8 Å². The highest BCUT2D eigenvalue weighted by Gasteiger charge is 2.19. The number of methoxy groups -OCH3 is 1. The standard InChI is InChI=1S/C18H20ClN3O3S/c1-4-8-20-16(23)12(2)26-18-21-15-11-13(19)6-7-14(15)17(24)22(18)9-5-10-25-3/h1,6-7,11-12H,5,8-10H2,2-3H3,(H,20,23). The average Bonchev–Trinajstić information content (AvgIpc) is 2.61. The Kier molecular flexibility index (Phi) is 7.51. The number of amides is 1. The van der Waals surface area contributed by atoms with Crippen molar-refractivity contribution in [3.8, 4) is 12.3 Å². The SMILES string of the molecule is C#CCNC(=O)C(C)Sc1nc2cc(Cl)ccc2c(=O)n1CCCOC. The summed E-state index contributed by atoms with van der Waals surface area (Å²) in [6.07, 6.45) is 5.82. The van der Waals surface area contributed by atoms with E-state index < -0.39 is 5.25 Å². The van der Waals surface area contributed by atoms with E-state index in [1.54, 1.807) is 36.8 Å². The monoisotopic (exact) mass is 393 g/mol. The smallest absolute Gasteiger partial charge is 0.262 e. The molecule has 2 aromatic rings. The molecule has 0 spiro atoms. The van der Waals surface area contributed by atoms with Crippen LogP contribution in [0.25, 0.3) is 10.9 Å². The van der Waals surface area contributed by atoms with Crippen molar-refractivity contribution in [3.05, 3.63) is 33.6 Å². The number of hydrogen-bond acceptors (Lipinski definition) is 5. The van der Waals surface area contributed by atoms with Crippen molar-refractivity contribution in [2.24, 2.45) is 0 Å². The van der Waals surface area contributed by atoms with Crippen molar-refractivity contribution >= 4 is 40.2 Å². The van der Waals surface area contributed by atoms with Crippen LogP contribution in [0.5, 0.6) is 0 Å². The van der Waals surface area contributed by atoms with E-state index in [2.05, 4.69) is 16.2 Å². The van der Waals surface area contributed by atoms with E-state index in [9.17, 15) is 9.59 Å². The summed E-state index contributed by atoms with van der Waals surface area (Å²) in [7, 11) is 1.61. The minimum atomic E-state index is -0.458. The molecule has 1 atom stereocenters. The van der Waals surface area contributed by atoms with Crippen LogP contribution in [0.15, 0.2) is 28.2 Å². The van der Waals surface area contributed by atoms with E-state index >= 15 is 0 Å². The second-order valence-corrected chi connectivity index (χ2v) is 7.29. The molecule has 0 aliphatic carbocycles. The van der Waals surface area contributed by atoms with Gasteiger partial charge in [0.15, 0.2) is 5.16 Å². The lowest BCUT2D eigenvalue weighted by atomic mass is 10.2. The summed E-state index contributed by atoms with van der Waals surface area (Å²) in [4.78, 5) is 29.5. The van der Waals surface area contributed by atoms with E-state index in [-0.39, 0.29) is 18.0 Å². The van der Waals surface area contributed by atoms with Crippen LogP contribution in [0.4, 0.5) is 0 Å². The first-order valence-electron chi connectivity index (χ1n) is 8.04. The predicted octanol–water partition coefficient (Wildman–Crippen LogP) is 2.32. The van der Waals surface area contributed by atoms with Gasteiger partial charge in [0.25, 0.3) is 5.56 Å². The molecular weight excluding hydrogens is 374 g/mol. The Balaban J connectivity index is 2.40. The van der Waals surface area contributed by atoms with Gasteiger partial charge in [-0.05, 0) is 31.5 Å².